The highest BCUT2D eigenvalue weighted by atomic mass is 35.5. The Hall–Kier alpha value is -2.65. The summed E-state index contributed by atoms with van der Waals surface area (Å²) < 4.78 is 55.3. The van der Waals surface area contributed by atoms with Crippen molar-refractivity contribution >= 4 is 34.6 Å². The number of halogens is 5. The maximum Gasteiger partial charge on any atom is 0.416 e. The molecule has 0 radical (unpaired) electrons. The molecule has 1 aromatic heterocycles. The first-order chi connectivity index (χ1) is 14.7. The van der Waals surface area contributed by atoms with Crippen molar-refractivity contribution in [2.24, 2.45) is 0 Å². The average molecular weight is 471 g/mol. The van der Waals surface area contributed by atoms with E-state index in [1.165, 1.54) is 6.07 Å². The molecular formula is C21H19ClF4N4S. The lowest BCUT2D eigenvalue weighted by atomic mass is 10.2. The molecule has 0 atom stereocenters. The zero-order valence-corrected chi connectivity index (χ0v) is 17.8. The van der Waals surface area contributed by atoms with Crippen LogP contribution in [0.25, 0.3) is 0 Å². The zero-order valence-electron chi connectivity index (χ0n) is 16.2. The maximum atomic E-state index is 14.2. The number of aromatic nitrogens is 2. The van der Waals surface area contributed by atoms with Gasteiger partial charge < -0.3 is 14.8 Å². The first kappa shape index (κ1) is 23.0. The standard InChI is InChI=1S/C21H19ClF4N4S/c22-17-7-6-16(21(24,25)26)12-19(17)28-20(31)30(10-3-9-29-11-8-27-14-29)13-15-4-1-2-5-18(15)23/h1-2,4-8,11-12,14H,3,9-10,13H2,(H,28,31). The highest BCUT2D eigenvalue weighted by Gasteiger charge is 2.31. The highest BCUT2D eigenvalue weighted by Crippen LogP contribution is 2.34. The summed E-state index contributed by atoms with van der Waals surface area (Å²) in [7, 11) is 0. The minimum absolute atomic E-state index is 0.0367. The summed E-state index contributed by atoms with van der Waals surface area (Å²) in [4.78, 5) is 5.68. The van der Waals surface area contributed by atoms with Crippen LogP contribution in [0.5, 0.6) is 0 Å². The molecule has 4 nitrogen and oxygen atoms in total. The molecular weight excluding hydrogens is 452 g/mol. The van der Waals surface area contributed by atoms with Gasteiger partial charge in [-0.1, -0.05) is 29.8 Å². The largest absolute Gasteiger partial charge is 0.416 e. The number of anilines is 1. The summed E-state index contributed by atoms with van der Waals surface area (Å²) in [6, 6.07) is 9.25. The van der Waals surface area contributed by atoms with Crippen LogP contribution in [0.1, 0.15) is 17.5 Å². The molecule has 10 heteroatoms. The fourth-order valence-electron chi connectivity index (χ4n) is 2.94. The van der Waals surface area contributed by atoms with Gasteiger partial charge >= 0.3 is 6.18 Å². The van der Waals surface area contributed by atoms with Gasteiger partial charge in [0.15, 0.2) is 5.11 Å². The van der Waals surface area contributed by atoms with Gasteiger partial charge in [-0.05, 0) is 42.9 Å². The Bertz CT molecular complexity index is 1020. The van der Waals surface area contributed by atoms with Crippen molar-refractivity contribution in [2.75, 3.05) is 11.9 Å². The molecule has 3 rings (SSSR count). The molecule has 0 unspecified atom stereocenters. The van der Waals surface area contributed by atoms with Gasteiger partial charge in [0.05, 0.1) is 22.6 Å². The predicted octanol–water partition coefficient (Wildman–Crippen LogP) is 5.98. The predicted molar refractivity (Wildman–Crippen MR) is 116 cm³/mol. The van der Waals surface area contributed by atoms with E-state index in [2.05, 4.69) is 10.3 Å². The van der Waals surface area contributed by atoms with Crippen molar-refractivity contribution in [3.63, 3.8) is 0 Å². The lowest BCUT2D eigenvalue weighted by Crippen LogP contribution is -2.35. The van der Waals surface area contributed by atoms with Crippen LogP contribution in [0, 0.1) is 5.82 Å². The Morgan fingerprint density at radius 3 is 2.65 bits per heavy atom. The first-order valence-electron chi connectivity index (χ1n) is 9.36. The molecule has 164 valence electrons. The van der Waals surface area contributed by atoms with Gasteiger partial charge in [0, 0.05) is 37.6 Å². The summed E-state index contributed by atoms with van der Waals surface area (Å²) in [6.45, 7) is 1.24. The van der Waals surface area contributed by atoms with Crippen LogP contribution in [0.3, 0.4) is 0 Å². The summed E-state index contributed by atoms with van der Waals surface area (Å²) in [5.74, 6) is -0.387. The van der Waals surface area contributed by atoms with Crippen LogP contribution in [0.15, 0.2) is 61.2 Å². The lowest BCUT2D eigenvalue weighted by Gasteiger charge is -2.27. The van der Waals surface area contributed by atoms with Crippen molar-refractivity contribution in [3.05, 3.63) is 83.2 Å². The van der Waals surface area contributed by atoms with E-state index in [1.54, 1.807) is 35.6 Å². The molecule has 0 aliphatic rings. The minimum atomic E-state index is -4.51. The lowest BCUT2D eigenvalue weighted by molar-refractivity contribution is -0.137. The van der Waals surface area contributed by atoms with E-state index in [0.29, 0.717) is 25.1 Å². The van der Waals surface area contributed by atoms with E-state index in [-0.39, 0.29) is 28.2 Å². The molecule has 0 saturated heterocycles. The second-order valence-corrected chi connectivity index (χ2v) is 7.58. The second kappa shape index (κ2) is 10.1. The highest BCUT2D eigenvalue weighted by molar-refractivity contribution is 7.80. The van der Waals surface area contributed by atoms with E-state index in [9.17, 15) is 17.6 Å². The summed E-state index contributed by atoms with van der Waals surface area (Å²) >= 11 is 11.5. The van der Waals surface area contributed by atoms with Crippen molar-refractivity contribution in [1.29, 1.82) is 0 Å². The molecule has 1 heterocycles. The summed E-state index contributed by atoms with van der Waals surface area (Å²) in [6.07, 6.45) is 1.31. The summed E-state index contributed by atoms with van der Waals surface area (Å²) in [5, 5.41) is 3.04. The van der Waals surface area contributed by atoms with Gasteiger partial charge in [-0.2, -0.15) is 13.2 Å². The third-order valence-electron chi connectivity index (χ3n) is 4.55. The fraction of sp³-hybridized carbons (Fsp3) is 0.238. The van der Waals surface area contributed by atoms with Crippen LogP contribution in [0.4, 0.5) is 23.2 Å². The molecule has 31 heavy (non-hydrogen) atoms. The van der Waals surface area contributed by atoms with Gasteiger partial charge in [0.1, 0.15) is 5.82 Å². The number of thiocarbonyl (C=S) groups is 1. The van der Waals surface area contributed by atoms with Crippen LogP contribution >= 0.6 is 23.8 Å². The number of alkyl halides is 3. The van der Waals surface area contributed by atoms with Crippen molar-refractivity contribution < 1.29 is 17.6 Å². The van der Waals surface area contributed by atoms with Gasteiger partial charge in [-0.15, -0.1) is 0 Å². The monoisotopic (exact) mass is 470 g/mol. The third-order valence-corrected chi connectivity index (χ3v) is 5.23. The van der Waals surface area contributed by atoms with Crippen molar-refractivity contribution in [3.8, 4) is 0 Å². The zero-order chi connectivity index (χ0) is 22.4. The number of benzene rings is 2. The number of hydrogen-bond donors (Lipinski definition) is 1. The number of hydrogen-bond acceptors (Lipinski definition) is 2. The molecule has 1 N–H and O–H groups in total. The van der Waals surface area contributed by atoms with E-state index in [0.717, 1.165) is 18.2 Å². The van der Waals surface area contributed by atoms with Gasteiger partial charge in [-0.25, -0.2) is 9.37 Å². The number of nitrogens with zero attached hydrogens (tertiary/aromatic N) is 3. The average Bonchev–Trinajstić information content (AvgIpc) is 3.23. The van der Waals surface area contributed by atoms with Crippen LogP contribution < -0.4 is 5.32 Å². The van der Waals surface area contributed by atoms with Crippen LogP contribution in [0.2, 0.25) is 5.02 Å². The Labute approximate surface area is 187 Å². The Morgan fingerprint density at radius 1 is 1.19 bits per heavy atom. The molecule has 2 aromatic carbocycles. The Morgan fingerprint density at radius 2 is 1.97 bits per heavy atom. The number of nitrogens with one attached hydrogen (secondary N) is 1. The summed E-state index contributed by atoms with van der Waals surface area (Å²) in [5.41, 5.74) is -0.387. The Kier molecular flexibility index (Phi) is 7.50. The number of rotatable bonds is 7. The molecule has 3 aromatic rings. The van der Waals surface area contributed by atoms with Crippen molar-refractivity contribution in [1.82, 2.24) is 14.5 Å². The SMILES string of the molecule is Fc1ccccc1CN(CCCn1ccnc1)C(=S)Nc1cc(C(F)(F)F)ccc1Cl. The van der Waals surface area contributed by atoms with E-state index >= 15 is 0 Å². The molecule has 0 aliphatic carbocycles. The van der Waals surface area contributed by atoms with Crippen LogP contribution in [-0.2, 0) is 19.3 Å². The fourth-order valence-corrected chi connectivity index (χ4v) is 3.37. The topological polar surface area (TPSA) is 33.1 Å². The maximum absolute atomic E-state index is 14.2. The normalized spacial score (nSPS) is 11.4. The number of imidazole rings is 1. The van der Waals surface area contributed by atoms with E-state index in [1.807, 2.05) is 10.8 Å². The van der Waals surface area contributed by atoms with Crippen LogP contribution in [-0.4, -0.2) is 26.1 Å². The second-order valence-electron chi connectivity index (χ2n) is 6.79. The molecule has 0 fully saturated rings. The van der Waals surface area contributed by atoms with Gasteiger partial charge in [0.2, 0.25) is 0 Å². The number of aryl methyl sites for hydroxylation is 1. The minimum Gasteiger partial charge on any atom is -0.345 e. The molecule has 0 saturated carbocycles. The Balaban J connectivity index is 1.77. The molecule has 0 spiro atoms. The quantitative estimate of drug-likeness (QED) is 0.340. The van der Waals surface area contributed by atoms with E-state index < -0.39 is 11.7 Å². The van der Waals surface area contributed by atoms with Gasteiger partial charge in [-0.3, -0.25) is 0 Å². The molecule has 0 aliphatic heterocycles. The molecule has 0 bridgehead atoms. The van der Waals surface area contributed by atoms with Gasteiger partial charge in [0.25, 0.3) is 0 Å². The smallest absolute Gasteiger partial charge is 0.345 e. The first-order valence-corrected chi connectivity index (χ1v) is 10.1. The third kappa shape index (κ3) is 6.41. The van der Waals surface area contributed by atoms with E-state index in [4.69, 9.17) is 23.8 Å². The molecule has 0 amide bonds. The van der Waals surface area contributed by atoms with Crippen molar-refractivity contribution in [2.45, 2.75) is 25.7 Å².